The summed E-state index contributed by atoms with van der Waals surface area (Å²) in [6.45, 7) is 21.6. The van der Waals surface area contributed by atoms with Crippen LogP contribution in [-0.4, -0.2) is 33.6 Å². The van der Waals surface area contributed by atoms with Crippen molar-refractivity contribution in [3.05, 3.63) is 48.5 Å². The van der Waals surface area contributed by atoms with Crippen molar-refractivity contribution in [3.8, 4) is 23.0 Å². The highest BCUT2D eigenvalue weighted by Crippen LogP contribution is 2.97. The molecule has 3 heterocycles. The van der Waals surface area contributed by atoms with Gasteiger partial charge in [-0.2, -0.15) is 0 Å². The molecule has 0 aromatic heterocycles. The second kappa shape index (κ2) is 8.06. The van der Waals surface area contributed by atoms with Crippen LogP contribution in [0.3, 0.4) is 0 Å². The van der Waals surface area contributed by atoms with Gasteiger partial charge in [-0.3, -0.25) is 0 Å². The summed E-state index contributed by atoms with van der Waals surface area (Å²) >= 11 is 0. The van der Waals surface area contributed by atoms with Crippen molar-refractivity contribution < 1.29 is 27.5 Å². The minimum Gasteiger partial charge on any atom is -0.618 e. The molecule has 3 aliphatic rings. The molecule has 0 amide bonds. The van der Waals surface area contributed by atoms with Gasteiger partial charge in [0, 0.05) is 0 Å². The third-order valence-electron chi connectivity index (χ3n) is 8.28. The van der Waals surface area contributed by atoms with E-state index >= 15 is 0 Å². The van der Waals surface area contributed by atoms with Crippen molar-refractivity contribution in [1.29, 1.82) is 0 Å². The predicted molar refractivity (Wildman–Crippen MR) is 162 cm³/mol. The molecular formula is C28H44B2O6P2. The first-order chi connectivity index (χ1) is 17.3. The lowest BCUT2D eigenvalue weighted by Gasteiger charge is -2.68. The molecular weight excluding hydrogens is 516 g/mol. The van der Waals surface area contributed by atoms with Crippen LogP contribution >= 0.6 is 14.7 Å². The zero-order valence-corrected chi connectivity index (χ0v) is 26.9. The second-order valence-corrected chi connectivity index (χ2v) is 24.5. The van der Waals surface area contributed by atoms with E-state index in [1.165, 1.54) is 0 Å². The molecule has 0 radical (unpaired) electrons. The van der Waals surface area contributed by atoms with E-state index in [4.69, 9.17) is 27.5 Å². The molecule has 0 bridgehead atoms. The average molecular weight is 560 g/mol. The van der Waals surface area contributed by atoms with Crippen LogP contribution in [0.2, 0.25) is 0 Å². The summed E-state index contributed by atoms with van der Waals surface area (Å²) < 4.78 is 43.6. The van der Waals surface area contributed by atoms with Gasteiger partial charge in [0.05, 0.1) is 35.4 Å². The minimum absolute atomic E-state index is 0.407. The van der Waals surface area contributed by atoms with Crippen molar-refractivity contribution in [2.45, 2.75) is 104 Å². The predicted octanol–water partition coefficient (Wildman–Crippen LogP) is 8.91. The summed E-state index contributed by atoms with van der Waals surface area (Å²) in [6, 6.07) is 15.7. The molecule has 0 unspecified atom stereocenters. The smallest absolute Gasteiger partial charge is 0.618 e. The molecule has 208 valence electrons. The zero-order valence-electron chi connectivity index (χ0n) is 25.1. The van der Waals surface area contributed by atoms with Crippen LogP contribution in [0.25, 0.3) is 0 Å². The molecule has 10 heteroatoms. The van der Waals surface area contributed by atoms with Crippen molar-refractivity contribution in [2.24, 2.45) is 0 Å². The standard InChI is InChI=1S/C28H44B2O6P2/c1-25(2,3)37(26(4,5)6)29(31-21-17-13-14-18-22(21)32-29)36-38(27(7,8)9,28(10,11)12)30(35-37)33-23-19-15-16-20-24(23)34-30/h13-20H,1-12H3. The fourth-order valence-corrected chi connectivity index (χ4v) is 21.0. The van der Waals surface area contributed by atoms with Gasteiger partial charge in [0.1, 0.15) is 23.0 Å². The Hall–Kier alpha value is -1.45. The molecule has 5 rings (SSSR count). The van der Waals surface area contributed by atoms with Crippen LogP contribution in [0.5, 0.6) is 23.0 Å². The maximum absolute atomic E-state index is 7.80. The number of rotatable bonds is 0. The Bertz CT molecular complexity index is 1080. The first kappa shape index (κ1) is 28.1. The normalized spacial score (nSPS) is 22.6. The quantitative estimate of drug-likeness (QED) is 0.237. The van der Waals surface area contributed by atoms with Crippen LogP contribution in [0.15, 0.2) is 48.5 Å². The summed E-state index contributed by atoms with van der Waals surface area (Å²) in [6.07, 6.45) is 0. The molecule has 2 aromatic carbocycles. The van der Waals surface area contributed by atoms with Gasteiger partial charge in [-0.1, -0.05) is 24.3 Å². The largest absolute Gasteiger partial charge is 0.719 e. The molecule has 38 heavy (non-hydrogen) atoms. The van der Waals surface area contributed by atoms with E-state index in [9.17, 15) is 0 Å². The van der Waals surface area contributed by atoms with Crippen molar-refractivity contribution in [1.82, 2.24) is 0 Å². The van der Waals surface area contributed by atoms with E-state index < -0.39 is 48.3 Å². The van der Waals surface area contributed by atoms with Crippen molar-refractivity contribution in [3.63, 3.8) is 0 Å². The summed E-state index contributed by atoms with van der Waals surface area (Å²) in [5.41, 5.74) is 0. The van der Waals surface area contributed by atoms with Gasteiger partial charge >= 0.3 is 12.9 Å². The van der Waals surface area contributed by atoms with Gasteiger partial charge < -0.3 is 27.5 Å². The Labute approximate surface area is 230 Å². The van der Waals surface area contributed by atoms with Crippen molar-refractivity contribution >= 4 is 27.7 Å². The number of para-hydroxylation sites is 4. The Morgan fingerprint density at radius 1 is 0.421 bits per heavy atom. The summed E-state index contributed by atoms with van der Waals surface area (Å²) in [4.78, 5) is 0. The molecule has 2 aromatic rings. The summed E-state index contributed by atoms with van der Waals surface area (Å²) in [7, 11) is -5.76. The van der Waals surface area contributed by atoms with E-state index in [1.807, 2.05) is 48.5 Å². The highest BCUT2D eigenvalue weighted by molar-refractivity contribution is 8.15. The summed E-state index contributed by atoms with van der Waals surface area (Å²) in [5, 5.41) is -1.63. The number of hydrogen-bond donors (Lipinski definition) is 0. The van der Waals surface area contributed by atoms with Crippen LogP contribution in [0, 0.1) is 0 Å². The van der Waals surface area contributed by atoms with E-state index in [-0.39, 0.29) is 0 Å². The molecule has 1 saturated heterocycles. The van der Waals surface area contributed by atoms with Crippen LogP contribution in [0.1, 0.15) is 83.1 Å². The van der Waals surface area contributed by atoms with E-state index in [0.717, 1.165) is 0 Å². The first-order valence-electron chi connectivity index (χ1n) is 13.7. The van der Waals surface area contributed by atoms with Gasteiger partial charge in [0.2, 0.25) is 0 Å². The topological polar surface area (TPSA) is 55.4 Å². The fourth-order valence-electron chi connectivity index (χ4n) is 7.61. The van der Waals surface area contributed by atoms with Crippen LogP contribution in [-0.2, 0) is 8.88 Å². The van der Waals surface area contributed by atoms with E-state index in [0.29, 0.717) is 23.0 Å². The molecule has 3 aliphatic heterocycles. The molecule has 0 N–H and O–H groups in total. The number of hydrogen-bond acceptors (Lipinski definition) is 6. The van der Waals surface area contributed by atoms with Gasteiger partial charge in [-0.25, -0.2) is 0 Å². The van der Waals surface area contributed by atoms with Crippen molar-refractivity contribution in [2.75, 3.05) is 0 Å². The fraction of sp³-hybridized carbons (Fsp3) is 0.571. The zero-order chi connectivity index (χ0) is 28.2. The lowest BCUT2D eigenvalue weighted by molar-refractivity contribution is 0.263. The van der Waals surface area contributed by atoms with Gasteiger partial charge in [-0.05, 0) is 107 Å². The Balaban J connectivity index is 1.88. The van der Waals surface area contributed by atoms with E-state index in [2.05, 4.69) is 83.1 Å². The maximum atomic E-state index is 7.80. The van der Waals surface area contributed by atoms with Gasteiger partial charge in [0.25, 0.3) is 0 Å². The third-order valence-corrected chi connectivity index (χ3v) is 20.2. The third kappa shape index (κ3) is 3.43. The van der Waals surface area contributed by atoms with E-state index in [1.54, 1.807) is 0 Å². The Morgan fingerprint density at radius 3 is 0.816 bits per heavy atom. The van der Waals surface area contributed by atoms with Crippen LogP contribution in [0.4, 0.5) is 0 Å². The number of benzene rings is 2. The lowest BCUT2D eigenvalue weighted by atomic mass is 10.2. The van der Waals surface area contributed by atoms with Gasteiger partial charge in [-0.15, -0.1) is 0 Å². The first-order valence-corrected chi connectivity index (χ1v) is 17.2. The molecule has 0 saturated carbocycles. The molecule has 1 fully saturated rings. The molecule has 0 atom stereocenters. The molecule has 6 nitrogen and oxygen atoms in total. The highest BCUT2D eigenvalue weighted by Gasteiger charge is 2.92. The second-order valence-electron chi connectivity index (χ2n) is 14.8. The molecule has 0 aliphatic carbocycles. The van der Waals surface area contributed by atoms with Crippen LogP contribution < -0.4 is 18.6 Å². The molecule has 2 spiro atoms. The number of fused-ring (bicyclic) bond motifs is 2. The minimum atomic E-state index is -2.88. The summed E-state index contributed by atoms with van der Waals surface area (Å²) in [5.74, 6) is 2.76. The highest BCUT2D eigenvalue weighted by atomic mass is 31.2. The van der Waals surface area contributed by atoms with Gasteiger partial charge in [0.15, 0.2) is 0 Å². The SMILES string of the molecule is CC(C)(C)[P+]1(C(C)(C)C)O[B-]2(Oc3ccccc3O2)[P+](C(C)(C)C)(C(C)(C)C)O[B-]12Oc1ccccc1O2. The lowest BCUT2D eigenvalue weighted by Crippen LogP contribution is -2.73. The monoisotopic (exact) mass is 560 g/mol. The Kier molecular flexibility index (Phi) is 5.96. The maximum Gasteiger partial charge on any atom is 0.719 e. The average Bonchev–Trinajstić information content (AvgIpc) is 3.30. The Morgan fingerprint density at radius 2 is 0.632 bits per heavy atom.